The predicted octanol–water partition coefficient (Wildman–Crippen LogP) is 7.52. The third-order valence-electron chi connectivity index (χ3n) is 6.03. The maximum Gasteiger partial charge on any atom is 0.221 e. The topological polar surface area (TPSA) is 92.2 Å². The number of aryl methyl sites for hydroxylation is 3. The van der Waals surface area contributed by atoms with Gasteiger partial charge >= 0.3 is 0 Å². The van der Waals surface area contributed by atoms with Crippen molar-refractivity contribution in [2.45, 2.75) is 114 Å². The molecule has 8 nitrogen and oxygen atoms in total. The molecule has 2 unspecified atom stereocenters. The second-order valence-corrected chi connectivity index (χ2v) is 8.92. The number of aromatic nitrogens is 4. The number of aliphatic hydroxyl groups excluding tert-OH is 1. The summed E-state index contributed by atoms with van der Waals surface area (Å²) in [7, 11) is 1.84. The quantitative estimate of drug-likeness (QED) is 0.293. The Morgan fingerprint density at radius 1 is 1.10 bits per heavy atom. The smallest absolute Gasteiger partial charge is 0.221 e. The van der Waals surface area contributed by atoms with E-state index in [1.165, 1.54) is 12.5 Å². The molecule has 0 amide bonds. The summed E-state index contributed by atoms with van der Waals surface area (Å²) in [5.74, 6) is 0.607. The van der Waals surface area contributed by atoms with Crippen molar-refractivity contribution in [1.29, 1.82) is 5.41 Å². The lowest BCUT2D eigenvalue weighted by atomic mass is 10.1. The number of allylic oxidation sites excluding steroid dienone is 1. The van der Waals surface area contributed by atoms with Gasteiger partial charge in [-0.25, -0.2) is 4.68 Å². The second-order valence-electron chi connectivity index (χ2n) is 8.92. The van der Waals surface area contributed by atoms with E-state index in [4.69, 9.17) is 10.1 Å². The van der Waals surface area contributed by atoms with Gasteiger partial charge in [0.15, 0.2) is 0 Å². The molecular weight excluding hydrogens is 500 g/mol. The van der Waals surface area contributed by atoms with Crippen molar-refractivity contribution >= 4 is 11.8 Å². The molecule has 1 aliphatic heterocycles. The minimum atomic E-state index is -0.0930. The summed E-state index contributed by atoms with van der Waals surface area (Å²) in [6.45, 7) is 32.0. The molecule has 3 heterocycles. The molecule has 0 aliphatic carbocycles. The average Bonchev–Trinajstić information content (AvgIpc) is 3.64. The van der Waals surface area contributed by atoms with E-state index >= 15 is 0 Å². The molecule has 0 aromatic carbocycles. The number of rotatable bonds is 10. The van der Waals surface area contributed by atoms with Crippen LogP contribution in [0, 0.1) is 19.3 Å². The lowest BCUT2D eigenvalue weighted by molar-refractivity contribution is 0.153. The van der Waals surface area contributed by atoms with Crippen molar-refractivity contribution in [3.05, 3.63) is 47.4 Å². The Hall–Kier alpha value is -2.71. The van der Waals surface area contributed by atoms with Gasteiger partial charge in [-0.05, 0) is 46.2 Å². The normalized spacial score (nSPS) is 14.6. The van der Waals surface area contributed by atoms with Crippen LogP contribution in [0.4, 0.5) is 0 Å². The minimum Gasteiger partial charge on any atom is -0.476 e. The van der Waals surface area contributed by atoms with Crippen molar-refractivity contribution in [1.82, 2.24) is 24.5 Å². The van der Waals surface area contributed by atoms with Crippen LogP contribution in [-0.4, -0.2) is 61.1 Å². The first-order valence-electron chi connectivity index (χ1n) is 15.2. The van der Waals surface area contributed by atoms with E-state index in [1.807, 2.05) is 80.1 Å². The van der Waals surface area contributed by atoms with Crippen LogP contribution in [0.3, 0.4) is 0 Å². The first kappa shape index (κ1) is 39.4. The van der Waals surface area contributed by atoms with Crippen LogP contribution in [0.5, 0.6) is 5.88 Å². The Bertz CT molecular complexity index is 992. The fourth-order valence-corrected chi connectivity index (χ4v) is 4.35. The van der Waals surface area contributed by atoms with E-state index in [1.54, 1.807) is 4.68 Å². The molecule has 0 bridgehead atoms. The van der Waals surface area contributed by atoms with Gasteiger partial charge in [-0.1, -0.05) is 81.0 Å². The number of hydrogen-bond donors (Lipinski definition) is 2. The molecule has 2 aromatic rings. The maximum absolute atomic E-state index is 9.67. The molecule has 2 aromatic heterocycles. The Morgan fingerprint density at radius 3 is 2.17 bits per heavy atom. The number of nitrogens with zero attached hydrogens (tertiary/aromatic N) is 5. The van der Waals surface area contributed by atoms with E-state index in [0.717, 1.165) is 48.6 Å². The highest BCUT2D eigenvalue weighted by atomic mass is 16.5. The third kappa shape index (κ3) is 10.7. The van der Waals surface area contributed by atoms with Gasteiger partial charge in [0, 0.05) is 25.2 Å². The fraction of sp³-hybridized carbons (Fsp3) is 0.656. The van der Waals surface area contributed by atoms with Crippen LogP contribution < -0.4 is 4.74 Å². The zero-order valence-electron chi connectivity index (χ0n) is 27.8. The molecule has 230 valence electrons. The highest BCUT2D eigenvalue weighted by molar-refractivity contribution is 6.08. The molecule has 0 saturated carbocycles. The van der Waals surface area contributed by atoms with Gasteiger partial charge in [-0.15, -0.1) is 0 Å². The van der Waals surface area contributed by atoms with E-state index in [0.29, 0.717) is 23.8 Å². The Balaban J connectivity index is 0. The number of likely N-dealkylation sites (tertiary alicyclic amines) is 1. The van der Waals surface area contributed by atoms with Crippen molar-refractivity contribution in [3.8, 4) is 5.88 Å². The van der Waals surface area contributed by atoms with Crippen LogP contribution in [0.1, 0.15) is 116 Å². The van der Waals surface area contributed by atoms with Gasteiger partial charge in [0.25, 0.3) is 0 Å². The molecule has 2 N–H and O–H groups in total. The SMILES string of the molecule is C=CC(=N)c1c(C)nn(C)c1OCC1CCCN1Cc1c(C=C)c(C)nn1C(C)CO.CC.CC.CC.CCC. The second kappa shape index (κ2) is 22.0. The van der Waals surface area contributed by atoms with Crippen LogP contribution in [0.15, 0.2) is 19.2 Å². The summed E-state index contributed by atoms with van der Waals surface area (Å²) in [6, 6.07) is 0.149. The van der Waals surface area contributed by atoms with Crippen LogP contribution in [-0.2, 0) is 13.6 Å². The first-order chi connectivity index (χ1) is 19.2. The van der Waals surface area contributed by atoms with Crippen molar-refractivity contribution in [3.63, 3.8) is 0 Å². The highest BCUT2D eigenvalue weighted by Gasteiger charge is 2.29. The number of aliphatic hydroxyl groups is 1. The molecule has 3 rings (SSSR count). The standard InChI is InChI=1S/C23H34N6O2.C3H8.3C2H6/c1-7-19-16(4)26-29(15(3)13-30)21(19)12-28-11-9-10-18(28)14-31-23-22(20(24)8-2)17(5)25-27(23)6;1-3-2;3*1-2/h7-8,15,18,24,30H,1-2,9-14H2,3-6H3;3H2,1-2H3;3*1-2H3. The lowest BCUT2D eigenvalue weighted by Crippen LogP contribution is -2.35. The number of ether oxygens (including phenoxy) is 1. The molecule has 0 radical (unpaired) electrons. The summed E-state index contributed by atoms with van der Waals surface area (Å²) in [4.78, 5) is 2.41. The molecule has 1 fully saturated rings. The van der Waals surface area contributed by atoms with Crippen LogP contribution in [0.25, 0.3) is 6.08 Å². The molecule has 1 saturated heterocycles. The Labute approximate surface area is 245 Å². The zero-order chi connectivity index (χ0) is 31.4. The molecule has 8 heteroatoms. The zero-order valence-corrected chi connectivity index (χ0v) is 27.8. The number of nitrogens with one attached hydrogen (secondary N) is 1. The monoisotopic (exact) mass is 560 g/mol. The average molecular weight is 561 g/mol. The summed E-state index contributed by atoms with van der Waals surface area (Å²) >= 11 is 0. The summed E-state index contributed by atoms with van der Waals surface area (Å²) in [6.07, 6.45) is 6.75. The van der Waals surface area contributed by atoms with Crippen LogP contribution >= 0.6 is 0 Å². The molecule has 40 heavy (non-hydrogen) atoms. The van der Waals surface area contributed by atoms with Gasteiger partial charge in [0.2, 0.25) is 5.88 Å². The Morgan fingerprint density at radius 2 is 1.68 bits per heavy atom. The Kier molecular flexibility index (Phi) is 21.7. The highest BCUT2D eigenvalue weighted by Crippen LogP contribution is 2.28. The van der Waals surface area contributed by atoms with Crippen molar-refractivity contribution < 1.29 is 9.84 Å². The molecule has 2 atom stereocenters. The number of hydrogen-bond acceptors (Lipinski definition) is 6. The maximum atomic E-state index is 9.67. The predicted molar refractivity (Wildman–Crippen MR) is 173 cm³/mol. The van der Waals surface area contributed by atoms with Crippen molar-refractivity contribution in [2.24, 2.45) is 7.05 Å². The summed E-state index contributed by atoms with van der Waals surface area (Å²) in [5, 5.41) is 26.9. The summed E-state index contributed by atoms with van der Waals surface area (Å²) < 4.78 is 9.83. The molecule has 0 spiro atoms. The van der Waals surface area contributed by atoms with Gasteiger partial charge in [-0.3, -0.25) is 9.58 Å². The van der Waals surface area contributed by atoms with E-state index in [-0.39, 0.29) is 18.7 Å². The van der Waals surface area contributed by atoms with Gasteiger partial charge in [0.1, 0.15) is 6.61 Å². The molecular formula is C32H60N6O2. The van der Waals surface area contributed by atoms with Gasteiger partial charge in [0.05, 0.1) is 41.0 Å². The van der Waals surface area contributed by atoms with E-state index in [2.05, 4.69) is 42.1 Å². The van der Waals surface area contributed by atoms with Gasteiger partial charge < -0.3 is 15.3 Å². The van der Waals surface area contributed by atoms with E-state index < -0.39 is 0 Å². The largest absolute Gasteiger partial charge is 0.476 e. The first-order valence-corrected chi connectivity index (χ1v) is 15.2. The fourth-order valence-electron chi connectivity index (χ4n) is 4.35. The van der Waals surface area contributed by atoms with Gasteiger partial charge in [-0.2, -0.15) is 10.2 Å². The summed E-state index contributed by atoms with van der Waals surface area (Å²) in [5.41, 5.74) is 4.81. The lowest BCUT2D eigenvalue weighted by Gasteiger charge is -2.26. The minimum absolute atomic E-state index is 0.0368. The van der Waals surface area contributed by atoms with Crippen molar-refractivity contribution in [2.75, 3.05) is 19.8 Å². The van der Waals surface area contributed by atoms with Crippen LogP contribution in [0.2, 0.25) is 0 Å². The van der Waals surface area contributed by atoms with E-state index in [9.17, 15) is 5.11 Å². The third-order valence-corrected chi connectivity index (χ3v) is 6.03. The molecule has 1 aliphatic rings.